The van der Waals surface area contributed by atoms with E-state index in [1.807, 2.05) is 30.5 Å². The van der Waals surface area contributed by atoms with Crippen LogP contribution in [0.25, 0.3) is 0 Å². The van der Waals surface area contributed by atoms with E-state index < -0.39 is 0 Å². The molecule has 74 valence electrons. The second-order valence-electron chi connectivity index (χ2n) is 3.12. The number of ether oxygens (including phenoxy) is 1. The van der Waals surface area contributed by atoms with Crippen molar-refractivity contribution in [3.8, 4) is 11.8 Å². The number of benzene rings is 1. The molecule has 0 aliphatic rings. The van der Waals surface area contributed by atoms with E-state index in [0.29, 0.717) is 17.9 Å². The van der Waals surface area contributed by atoms with E-state index in [0.717, 1.165) is 5.69 Å². The molecule has 0 aliphatic heterocycles. The van der Waals surface area contributed by atoms with Gasteiger partial charge in [-0.25, -0.2) is 0 Å². The van der Waals surface area contributed by atoms with E-state index >= 15 is 0 Å². The number of aromatic amines is 1. The van der Waals surface area contributed by atoms with Gasteiger partial charge in [0.25, 0.3) is 0 Å². The number of hydrogen-bond donors (Lipinski definition) is 1. The Kier molecular flexibility index (Phi) is 2.70. The fourth-order valence-corrected chi connectivity index (χ4v) is 1.27. The molecule has 0 bridgehead atoms. The lowest BCUT2D eigenvalue weighted by Crippen LogP contribution is -1.95. The van der Waals surface area contributed by atoms with Gasteiger partial charge in [-0.15, -0.1) is 0 Å². The zero-order valence-electron chi connectivity index (χ0n) is 8.10. The van der Waals surface area contributed by atoms with Gasteiger partial charge in [0.2, 0.25) is 0 Å². The molecule has 0 saturated heterocycles. The van der Waals surface area contributed by atoms with Gasteiger partial charge in [-0.1, -0.05) is 6.07 Å². The van der Waals surface area contributed by atoms with Gasteiger partial charge in [0.15, 0.2) is 0 Å². The highest BCUT2D eigenvalue weighted by atomic mass is 16.5. The Labute approximate surface area is 87.9 Å². The van der Waals surface area contributed by atoms with Gasteiger partial charge in [-0.3, -0.25) is 0 Å². The highest BCUT2D eigenvalue weighted by Crippen LogP contribution is 2.13. The van der Waals surface area contributed by atoms with Crippen molar-refractivity contribution in [3.63, 3.8) is 0 Å². The summed E-state index contributed by atoms with van der Waals surface area (Å²) in [5.74, 6) is 0.712. The molecule has 0 unspecified atom stereocenters. The van der Waals surface area contributed by atoms with Crippen LogP contribution in [0, 0.1) is 11.3 Å². The van der Waals surface area contributed by atoms with Gasteiger partial charge >= 0.3 is 0 Å². The molecule has 2 rings (SSSR count). The van der Waals surface area contributed by atoms with Crippen LogP contribution in [0.15, 0.2) is 42.6 Å². The fourth-order valence-electron chi connectivity index (χ4n) is 1.27. The molecular weight excluding hydrogens is 188 g/mol. The Morgan fingerprint density at radius 1 is 1.27 bits per heavy atom. The number of nitrogens with one attached hydrogen (secondary N) is 1. The molecule has 15 heavy (non-hydrogen) atoms. The number of hydrogen-bond acceptors (Lipinski definition) is 2. The quantitative estimate of drug-likeness (QED) is 0.823. The Morgan fingerprint density at radius 2 is 2.20 bits per heavy atom. The summed E-state index contributed by atoms with van der Waals surface area (Å²) in [4.78, 5) is 3.05. The lowest BCUT2D eigenvalue weighted by atomic mass is 10.2. The van der Waals surface area contributed by atoms with Crippen LogP contribution in [0.1, 0.15) is 11.3 Å². The Morgan fingerprint density at radius 3 is 2.93 bits per heavy atom. The molecule has 1 heterocycles. The lowest BCUT2D eigenvalue weighted by Gasteiger charge is -2.04. The second kappa shape index (κ2) is 4.34. The van der Waals surface area contributed by atoms with Gasteiger partial charge in [-0.2, -0.15) is 5.26 Å². The number of nitriles is 1. The van der Waals surface area contributed by atoms with Crippen molar-refractivity contribution in [1.29, 1.82) is 5.26 Å². The number of nitrogens with zero attached hydrogens (tertiary/aromatic N) is 1. The molecule has 1 N–H and O–H groups in total. The lowest BCUT2D eigenvalue weighted by molar-refractivity contribution is 0.302. The van der Waals surface area contributed by atoms with E-state index in [1.165, 1.54) is 0 Å². The van der Waals surface area contributed by atoms with E-state index in [-0.39, 0.29) is 0 Å². The highest BCUT2D eigenvalue weighted by Gasteiger charge is 1.97. The molecule has 0 radical (unpaired) electrons. The summed E-state index contributed by atoms with van der Waals surface area (Å²) >= 11 is 0. The predicted molar refractivity (Wildman–Crippen MR) is 56.3 cm³/mol. The summed E-state index contributed by atoms with van der Waals surface area (Å²) in [6.07, 6.45) is 1.85. The topological polar surface area (TPSA) is 48.8 Å². The maximum atomic E-state index is 8.70. The van der Waals surface area contributed by atoms with Crippen molar-refractivity contribution in [2.24, 2.45) is 0 Å². The first kappa shape index (κ1) is 9.35. The molecule has 0 fully saturated rings. The highest BCUT2D eigenvalue weighted by molar-refractivity contribution is 5.36. The maximum absolute atomic E-state index is 8.70. The van der Waals surface area contributed by atoms with Crippen molar-refractivity contribution >= 4 is 0 Å². The molecule has 1 aromatic carbocycles. The first-order valence-corrected chi connectivity index (χ1v) is 4.64. The third-order valence-corrected chi connectivity index (χ3v) is 2.02. The van der Waals surface area contributed by atoms with Gasteiger partial charge in [-0.05, 0) is 30.3 Å². The van der Waals surface area contributed by atoms with Crippen molar-refractivity contribution in [2.75, 3.05) is 0 Å². The minimum Gasteiger partial charge on any atom is -0.487 e. The van der Waals surface area contributed by atoms with Crippen LogP contribution in [0.2, 0.25) is 0 Å². The van der Waals surface area contributed by atoms with Crippen LogP contribution in [0.5, 0.6) is 5.75 Å². The van der Waals surface area contributed by atoms with Crippen molar-refractivity contribution in [3.05, 3.63) is 53.9 Å². The van der Waals surface area contributed by atoms with E-state index in [9.17, 15) is 0 Å². The Bertz CT molecular complexity index is 469. The third kappa shape index (κ3) is 2.38. The van der Waals surface area contributed by atoms with Crippen LogP contribution >= 0.6 is 0 Å². The minimum atomic E-state index is 0.488. The summed E-state index contributed by atoms with van der Waals surface area (Å²) in [5, 5.41) is 8.70. The molecule has 3 heteroatoms. The smallest absolute Gasteiger partial charge is 0.128 e. The van der Waals surface area contributed by atoms with Crippen molar-refractivity contribution in [1.82, 2.24) is 4.98 Å². The van der Waals surface area contributed by atoms with Crippen LogP contribution in [0.4, 0.5) is 0 Å². The van der Waals surface area contributed by atoms with Crippen LogP contribution < -0.4 is 4.74 Å². The van der Waals surface area contributed by atoms with E-state index in [2.05, 4.69) is 11.1 Å². The van der Waals surface area contributed by atoms with Crippen molar-refractivity contribution < 1.29 is 4.74 Å². The summed E-state index contributed by atoms with van der Waals surface area (Å²) in [6, 6.07) is 13.1. The summed E-state index contributed by atoms with van der Waals surface area (Å²) in [5.41, 5.74) is 1.62. The molecule has 3 nitrogen and oxygen atoms in total. The third-order valence-electron chi connectivity index (χ3n) is 2.02. The zero-order chi connectivity index (χ0) is 10.5. The second-order valence-corrected chi connectivity index (χ2v) is 3.12. The first-order chi connectivity index (χ1) is 7.38. The predicted octanol–water partition coefficient (Wildman–Crippen LogP) is 2.47. The molecule has 1 aromatic heterocycles. The number of H-pyrrole nitrogens is 1. The standard InChI is InChI=1S/C12H10N2O/c13-8-10-3-1-5-12(7-10)15-9-11-4-2-6-14-11/h1-7,14H,9H2. The van der Waals surface area contributed by atoms with Crippen LogP contribution in [0.3, 0.4) is 0 Å². The summed E-state index contributed by atoms with van der Waals surface area (Å²) < 4.78 is 5.51. The monoisotopic (exact) mass is 198 g/mol. The molecule has 2 aromatic rings. The Balaban J connectivity index is 2.02. The average molecular weight is 198 g/mol. The van der Waals surface area contributed by atoms with Crippen LogP contribution in [-0.4, -0.2) is 4.98 Å². The van der Waals surface area contributed by atoms with E-state index in [1.54, 1.807) is 12.1 Å². The summed E-state index contributed by atoms with van der Waals surface area (Å²) in [7, 11) is 0. The minimum absolute atomic E-state index is 0.488. The zero-order valence-corrected chi connectivity index (χ0v) is 8.10. The Hall–Kier alpha value is -2.21. The number of rotatable bonds is 3. The molecular formula is C12H10N2O. The van der Waals surface area contributed by atoms with E-state index in [4.69, 9.17) is 10.00 Å². The van der Waals surface area contributed by atoms with Gasteiger partial charge in [0.1, 0.15) is 12.4 Å². The normalized spacial score (nSPS) is 9.53. The van der Waals surface area contributed by atoms with Gasteiger partial charge in [0.05, 0.1) is 17.3 Å². The first-order valence-electron chi connectivity index (χ1n) is 4.64. The molecule has 0 aliphatic carbocycles. The van der Waals surface area contributed by atoms with Crippen molar-refractivity contribution in [2.45, 2.75) is 6.61 Å². The van der Waals surface area contributed by atoms with Crippen LogP contribution in [-0.2, 0) is 6.61 Å². The molecule has 0 amide bonds. The largest absolute Gasteiger partial charge is 0.487 e. The molecule has 0 saturated carbocycles. The van der Waals surface area contributed by atoms with Gasteiger partial charge < -0.3 is 9.72 Å². The molecule has 0 atom stereocenters. The number of aromatic nitrogens is 1. The summed E-state index contributed by atoms with van der Waals surface area (Å²) in [6.45, 7) is 0.488. The maximum Gasteiger partial charge on any atom is 0.128 e. The fraction of sp³-hybridized carbons (Fsp3) is 0.0833. The SMILES string of the molecule is N#Cc1cccc(OCc2ccc[nH]2)c1. The molecule has 0 spiro atoms. The van der Waals surface area contributed by atoms with Gasteiger partial charge in [0, 0.05) is 6.20 Å². The average Bonchev–Trinajstić information content (AvgIpc) is 2.79.